The lowest BCUT2D eigenvalue weighted by Crippen LogP contribution is -2.03. The zero-order valence-corrected chi connectivity index (χ0v) is 7.95. The van der Waals surface area contributed by atoms with Gasteiger partial charge in [-0.15, -0.1) is 0 Å². The highest BCUT2D eigenvalue weighted by Crippen LogP contribution is 2.19. The van der Waals surface area contributed by atoms with E-state index in [1.54, 1.807) is 12.5 Å². The molecule has 2 aromatic rings. The van der Waals surface area contributed by atoms with Crippen LogP contribution in [0.3, 0.4) is 0 Å². The van der Waals surface area contributed by atoms with Crippen LogP contribution >= 0.6 is 0 Å². The number of aromatic nitrogens is 3. The summed E-state index contributed by atoms with van der Waals surface area (Å²) >= 11 is 0. The minimum Gasteiger partial charge on any atom is -0.364 e. The molecular formula is C9H12N4O. The van der Waals surface area contributed by atoms with Crippen molar-refractivity contribution in [2.75, 3.05) is 6.54 Å². The molecule has 0 fully saturated rings. The minimum atomic E-state index is 0.593. The number of imidazole rings is 1. The second kappa shape index (κ2) is 3.63. The Labute approximate surface area is 81.3 Å². The van der Waals surface area contributed by atoms with E-state index >= 15 is 0 Å². The van der Waals surface area contributed by atoms with Gasteiger partial charge in [0, 0.05) is 6.42 Å². The molecular weight excluding hydrogens is 180 g/mol. The van der Waals surface area contributed by atoms with Crippen LogP contribution in [0.5, 0.6) is 0 Å². The summed E-state index contributed by atoms with van der Waals surface area (Å²) in [5, 5.41) is 3.80. The number of aromatic amines is 1. The Hall–Kier alpha value is -1.62. The highest BCUT2D eigenvalue weighted by Gasteiger charge is 2.08. The third-order valence-electron chi connectivity index (χ3n) is 2.05. The fourth-order valence-electron chi connectivity index (χ4n) is 1.31. The molecule has 0 spiro atoms. The van der Waals surface area contributed by atoms with E-state index in [1.807, 2.05) is 6.92 Å². The number of hydrogen-bond acceptors (Lipinski definition) is 4. The molecule has 0 atom stereocenters. The van der Waals surface area contributed by atoms with Gasteiger partial charge < -0.3 is 15.2 Å². The average molecular weight is 192 g/mol. The summed E-state index contributed by atoms with van der Waals surface area (Å²) in [7, 11) is 0. The van der Waals surface area contributed by atoms with E-state index in [0.717, 1.165) is 29.2 Å². The van der Waals surface area contributed by atoms with Gasteiger partial charge in [0.15, 0.2) is 0 Å². The van der Waals surface area contributed by atoms with Gasteiger partial charge in [0.2, 0.25) is 0 Å². The molecule has 5 nitrogen and oxygen atoms in total. The molecule has 0 amide bonds. The lowest BCUT2D eigenvalue weighted by atomic mass is 10.2. The standard InChI is InChI=1S/C9H12N4O/c1-6-7(5-14-13-6)8-4-11-9(12-8)2-3-10/h4-5H,2-3,10H2,1H3,(H,11,12). The minimum absolute atomic E-state index is 0.593. The Morgan fingerprint density at radius 1 is 1.57 bits per heavy atom. The zero-order valence-electron chi connectivity index (χ0n) is 7.95. The van der Waals surface area contributed by atoms with E-state index in [-0.39, 0.29) is 0 Å². The molecule has 0 aliphatic rings. The second-order valence-corrected chi connectivity index (χ2v) is 3.10. The Balaban J connectivity index is 2.29. The van der Waals surface area contributed by atoms with Gasteiger partial charge in [-0.3, -0.25) is 0 Å². The average Bonchev–Trinajstić information content (AvgIpc) is 2.74. The van der Waals surface area contributed by atoms with Crippen molar-refractivity contribution in [3.63, 3.8) is 0 Å². The smallest absolute Gasteiger partial charge is 0.133 e. The van der Waals surface area contributed by atoms with Gasteiger partial charge in [0.25, 0.3) is 0 Å². The third kappa shape index (κ3) is 1.54. The SMILES string of the molecule is Cc1nocc1-c1cnc(CCN)[nH]1. The maximum absolute atomic E-state index is 5.43. The van der Waals surface area contributed by atoms with Crippen molar-refractivity contribution >= 4 is 0 Å². The summed E-state index contributed by atoms with van der Waals surface area (Å²) in [6, 6.07) is 0. The van der Waals surface area contributed by atoms with E-state index in [0.29, 0.717) is 6.54 Å². The Morgan fingerprint density at radius 2 is 2.43 bits per heavy atom. The molecule has 3 N–H and O–H groups in total. The van der Waals surface area contributed by atoms with E-state index in [9.17, 15) is 0 Å². The monoisotopic (exact) mass is 192 g/mol. The number of nitrogens with one attached hydrogen (secondary N) is 1. The van der Waals surface area contributed by atoms with Crippen molar-refractivity contribution in [1.29, 1.82) is 0 Å². The molecule has 2 rings (SSSR count). The summed E-state index contributed by atoms with van der Waals surface area (Å²) in [5.41, 5.74) is 8.15. The van der Waals surface area contributed by atoms with E-state index in [1.165, 1.54) is 0 Å². The summed E-state index contributed by atoms with van der Waals surface area (Å²) in [6.45, 7) is 2.48. The number of rotatable bonds is 3. The maximum atomic E-state index is 5.43. The van der Waals surface area contributed by atoms with Crippen LogP contribution in [0.25, 0.3) is 11.3 Å². The lowest BCUT2D eigenvalue weighted by molar-refractivity contribution is 0.415. The Kier molecular flexibility index (Phi) is 2.32. The molecule has 5 heteroatoms. The number of nitrogens with two attached hydrogens (primary N) is 1. The van der Waals surface area contributed by atoms with E-state index in [4.69, 9.17) is 10.3 Å². The van der Waals surface area contributed by atoms with Gasteiger partial charge in [-0.25, -0.2) is 4.98 Å². The van der Waals surface area contributed by atoms with Crippen LogP contribution in [0.15, 0.2) is 17.0 Å². The first-order chi connectivity index (χ1) is 6.81. The summed E-state index contributed by atoms with van der Waals surface area (Å²) in [5.74, 6) is 0.892. The molecule has 14 heavy (non-hydrogen) atoms. The fraction of sp³-hybridized carbons (Fsp3) is 0.333. The largest absolute Gasteiger partial charge is 0.364 e. The third-order valence-corrected chi connectivity index (χ3v) is 2.05. The van der Waals surface area contributed by atoms with Gasteiger partial charge in [0.1, 0.15) is 12.1 Å². The zero-order chi connectivity index (χ0) is 9.97. The van der Waals surface area contributed by atoms with Gasteiger partial charge >= 0.3 is 0 Å². The molecule has 0 aromatic carbocycles. The van der Waals surface area contributed by atoms with Crippen molar-refractivity contribution in [1.82, 2.24) is 15.1 Å². The Bertz CT molecular complexity index is 418. The van der Waals surface area contributed by atoms with Crippen molar-refractivity contribution < 1.29 is 4.52 Å². The predicted molar refractivity (Wildman–Crippen MR) is 51.6 cm³/mol. The summed E-state index contributed by atoms with van der Waals surface area (Å²) in [4.78, 5) is 7.36. The van der Waals surface area contributed by atoms with Gasteiger partial charge in [-0.2, -0.15) is 0 Å². The molecule has 2 heterocycles. The summed E-state index contributed by atoms with van der Waals surface area (Å²) in [6.07, 6.45) is 4.13. The van der Waals surface area contributed by atoms with Crippen LogP contribution in [0.4, 0.5) is 0 Å². The second-order valence-electron chi connectivity index (χ2n) is 3.10. The quantitative estimate of drug-likeness (QED) is 0.756. The van der Waals surface area contributed by atoms with Gasteiger partial charge in [-0.05, 0) is 13.5 Å². The molecule has 0 saturated carbocycles. The van der Waals surface area contributed by atoms with Crippen LogP contribution in [-0.2, 0) is 6.42 Å². The Morgan fingerprint density at radius 3 is 3.07 bits per heavy atom. The highest BCUT2D eigenvalue weighted by atomic mass is 16.5. The number of hydrogen-bond donors (Lipinski definition) is 2. The topological polar surface area (TPSA) is 80.7 Å². The lowest BCUT2D eigenvalue weighted by Gasteiger charge is -1.92. The molecule has 0 radical (unpaired) electrons. The molecule has 0 bridgehead atoms. The van der Waals surface area contributed by atoms with Crippen LogP contribution in [-0.4, -0.2) is 21.7 Å². The molecule has 0 unspecified atom stereocenters. The van der Waals surface area contributed by atoms with Crippen molar-refractivity contribution in [3.05, 3.63) is 24.0 Å². The first-order valence-corrected chi connectivity index (χ1v) is 4.46. The maximum Gasteiger partial charge on any atom is 0.133 e. The van der Waals surface area contributed by atoms with Gasteiger partial charge in [0.05, 0.1) is 23.1 Å². The van der Waals surface area contributed by atoms with Crippen LogP contribution < -0.4 is 5.73 Å². The molecule has 74 valence electrons. The normalized spacial score (nSPS) is 10.7. The number of H-pyrrole nitrogens is 1. The molecule has 0 aliphatic heterocycles. The molecule has 2 aromatic heterocycles. The van der Waals surface area contributed by atoms with Gasteiger partial charge in [-0.1, -0.05) is 5.16 Å². The van der Waals surface area contributed by atoms with Crippen LogP contribution in [0, 0.1) is 6.92 Å². The van der Waals surface area contributed by atoms with Crippen molar-refractivity contribution in [3.8, 4) is 11.3 Å². The van der Waals surface area contributed by atoms with Crippen LogP contribution in [0.1, 0.15) is 11.5 Å². The highest BCUT2D eigenvalue weighted by molar-refractivity contribution is 5.59. The van der Waals surface area contributed by atoms with Crippen LogP contribution in [0.2, 0.25) is 0 Å². The molecule has 0 aliphatic carbocycles. The fourth-order valence-corrected chi connectivity index (χ4v) is 1.31. The van der Waals surface area contributed by atoms with Crippen molar-refractivity contribution in [2.24, 2.45) is 5.73 Å². The number of aryl methyl sites for hydroxylation is 1. The molecule has 0 saturated heterocycles. The summed E-state index contributed by atoms with van der Waals surface area (Å²) < 4.78 is 4.85. The van der Waals surface area contributed by atoms with Crippen molar-refractivity contribution in [2.45, 2.75) is 13.3 Å². The first-order valence-electron chi connectivity index (χ1n) is 4.46. The predicted octanol–water partition coefficient (Wildman–Crippen LogP) is 0.874. The first kappa shape index (κ1) is 8.96. The van der Waals surface area contributed by atoms with E-state index in [2.05, 4.69) is 15.1 Å². The van der Waals surface area contributed by atoms with E-state index < -0.39 is 0 Å². The number of nitrogens with zero attached hydrogens (tertiary/aromatic N) is 2.